The molecule has 5 amide bonds. The first-order valence-electron chi connectivity index (χ1n) is 12.6. The van der Waals surface area contributed by atoms with E-state index in [1.54, 1.807) is 6.92 Å². The number of piperazine rings is 1. The van der Waals surface area contributed by atoms with Crippen LogP contribution >= 0.6 is 11.6 Å². The third-order valence-electron chi connectivity index (χ3n) is 6.93. The van der Waals surface area contributed by atoms with Crippen molar-refractivity contribution in [1.29, 1.82) is 0 Å². The van der Waals surface area contributed by atoms with Gasteiger partial charge in [-0.25, -0.2) is 14.0 Å². The van der Waals surface area contributed by atoms with Crippen LogP contribution < -0.4 is 15.3 Å². The lowest BCUT2D eigenvalue weighted by molar-refractivity contribution is -0.155. The second kappa shape index (κ2) is 11.7. The van der Waals surface area contributed by atoms with Gasteiger partial charge in [0.15, 0.2) is 11.5 Å². The molecule has 1 unspecified atom stereocenters. The first kappa shape index (κ1) is 30.4. The Balaban J connectivity index is 1.64. The standard InChI is InChI=1S/C25H25BClFN4O10/c1-3-31-9-10(2)32(23(37)22(31)36)25(40)30-18(12-5-7-14(33)19(34)17(12)27)21(35)29-15-8-11-4-6-13(28)16(24(38)39)20(11)42-26(15)41/h4-7,10,15,18,33-34,41H,3,8-9H2,1-2H3,(H,29,35)(H,30,40)(H,38,39)/t10-,15-,18?/m0/s1. The fourth-order valence-corrected chi connectivity index (χ4v) is 5.05. The Bertz CT molecular complexity index is 1490. The van der Waals surface area contributed by atoms with Crippen molar-refractivity contribution in [2.75, 3.05) is 13.1 Å². The predicted octanol–water partition coefficient (Wildman–Crippen LogP) is 0.558. The van der Waals surface area contributed by atoms with Crippen molar-refractivity contribution >= 4 is 48.4 Å². The summed E-state index contributed by atoms with van der Waals surface area (Å²) in [5.74, 6) is -8.94. The van der Waals surface area contributed by atoms with Crippen LogP contribution in [0.4, 0.5) is 9.18 Å². The second-order valence-electron chi connectivity index (χ2n) is 9.63. The third kappa shape index (κ3) is 5.50. The Morgan fingerprint density at radius 2 is 1.88 bits per heavy atom. The number of benzene rings is 2. The smallest absolute Gasteiger partial charge is 0.534 e. The van der Waals surface area contributed by atoms with Gasteiger partial charge in [0.1, 0.15) is 23.2 Å². The second-order valence-corrected chi connectivity index (χ2v) is 10.0. The summed E-state index contributed by atoms with van der Waals surface area (Å²) in [6.45, 7) is 3.44. The predicted molar refractivity (Wildman–Crippen MR) is 142 cm³/mol. The molecule has 1 fully saturated rings. The van der Waals surface area contributed by atoms with Gasteiger partial charge in [0.25, 0.3) is 0 Å². The van der Waals surface area contributed by atoms with E-state index >= 15 is 0 Å². The van der Waals surface area contributed by atoms with Crippen molar-refractivity contribution in [3.8, 4) is 17.2 Å². The maximum Gasteiger partial charge on any atom is 0.547 e. The number of urea groups is 1. The molecule has 1 saturated heterocycles. The quantitative estimate of drug-likeness (QED) is 0.153. The molecule has 2 heterocycles. The van der Waals surface area contributed by atoms with Gasteiger partial charge in [0.05, 0.1) is 17.0 Å². The molecule has 3 atom stereocenters. The van der Waals surface area contributed by atoms with Crippen LogP contribution in [0.3, 0.4) is 0 Å². The molecule has 6 N–H and O–H groups in total. The van der Waals surface area contributed by atoms with Gasteiger partial charge in [-0.2, -0.15) is 0 Å². The SMILES string of the molecule is CCN1C[C@H](C)N(C(=O)NC(C(=O)N[C@H]2Cc3ccc(F)c(C(=O)O)c3OB2O)c2ccc(O)c(O)c2Cl)C(=O)C1=O. The highest BCUT2D eigenvalue weighted by Gasteiger charge is 2.43. The fourth-order valence-electron chi connectivity index (χ4n) is 4.78. The van der Waals surface area contributed by atoms with Gasteiger partial charge in [-0.1, -0.05) is 23.7 Å². The number of likely N-dealkylation sites (N-methyl/N-ethyl adjacent to an activating group) is 1. The molecule has 0 saturated carbocycles. The maximum atomic E-state index is 14.1. The Kier molecular flexibility index (Phi) is 8.49. The summed E-state index contributed by atoms with van der Waals surface area (Å²) < 4.78 is 19.3. The summed E-state index contributed by atoms with van der Waals surface area (Å²) in [6, 6.07) is 0.546. The van der Waals surface area contributed by atoms with Gasteiger partial charge in [-0.15, -0.1) is 0 Å². The number of phenols is 2. The third-order valence-corrected chi connectivity index (χ3v) is 7.33. The van der Waals surface area contributed by atoms with Gasteiger partial charge in [-0.3, -0.25) is 19.3 Å². The van der Waals surface area contributed by atoms with Crippen LogP contribution in [0.15, 0.2) is 24.3 Å². The number of imide groups is 1. The average Bonchev–Trinajstić information content (AvgIpc) is 2.93. The summed E-state index contributed by atoms with van der Waals surface area (Å²) in [4.78, 5) is 65.4. The lowest BCUT2D eigenvalue weighted by Crippen LogP contribution is -2.63. The topological polar surface area (TPSA) is 206 Å². The number of aromatic carboxylic acids is 1. The number of hydrogen-bond donors (Lipinski definition) is 6. The molecule has 2 aliphatic heterocycles. The lowest BCUT2D eigenvalue weighted by Gasteiger charge is -2.37. The molecule has 0 spiro atoms. The van der Waals surface area contributed by atoms with Gasteiger partial charge in [0, 0.05) is 18.7 Å². The molecule has 0 aromatic heterocycles. The minimum Gasteiger partial charge on any atom is -0.534 e. The Labute approximate surface area is 242 Å². The van der Waals surface area contributed by atoms with E-state index in [0.717, 1.165) is 18.2 Å². The molecular formula is C25H25BClFN4O10. The van der Waals surface area contributed by atoms with Crippen molar-refractivity contribution < 1.29 is 53.4 Å². The highest BCUT2D eigenvalue weighted by Crippen LogP contribution is 2.38. The van der Waals surface area contributed by atoms with Gasteiger partial charge >= 0.3 is 30.9 Å². The monoisotopic (exact) mass is 606 g/mol. The number of fused-ring (bicyclic) bond motifs is 1. The number of rotatable bonds is 6. The highest BCUT2D eigenvalue weighted by molar-refractivity contribution is 6.47. The van der Waals surface area contributed by atoms with Crippen molar-refractivity contribution in [2.24, 2.45) is 0 Å². The maximum absolute atomic E-state index is 14.1. The Hall–Kier alpha value is -4.57. The van der Waals surface area contributed by atoms with Gasteiger partial charge in [-0.05, 0) is 38.0 Å². The molecule has 0 radical (unpaired) electrons. The molecule has 2 aromatic carbocycles. The number of hydrogen-bond acceptors (Lipinski definition) is 9. The molecule has 0 bridgehead atoms. The molecular weight excluding hydrogens is 582 g/mol. The van der Waals surface area contributed by atoms with E-state index in [1.165, 1.54) is 17.9 Å². The zero-order valence-electron chi connectivity index (χ0n) is 22.1. The van der Waals surface area contributed by atoms with Crippen LogP contribution in [0.1, 0.15) is 41.4 Å². The summed E-state index contributed by atoms with van der Waals surface area (Å²) in [5.41, 5.74) is -0.875. The van der Waals surface area contributed by atoms with Crippen LogP contribution in [0, 0.1) is 5.82 Å². The number of carbonyl (C=O) groups is 5. The minimum absolute atomic E-state index is 0.0377. The van der Waals surface area contributed by atoms with Crippen molar-refractivity contribution in [2.45, 2.75) is 38.3 Å². The molecule has 222 valence electrons. The van der Waals surface area contributed by atoms with E-state index in [4.69, 9.17) is 16.3 Å². The number of amides is 5. The van der Waals surface area contributed by atoms with Crippen molar-refractivity contribution in [1.82, 2.24) is 20.4 Å². The summed E-state index contributed by atoms with van der Waals surface area (Å²) in [7, 11) is -1.86. The van der Waals surface area contributed by atoms with Gasteiger partial charge in [0.2, 0.25) is 5.91 Å². The summed E-state index contributed by atoms with van der Waals surface area (Å²) >= 11 is 6.18. The molecule has 2 aromatic rings. The van der Waals surface area contributed by atoms with Crippen molar-refractivity contribution in [3.05, 3.63) is 51.8 Å². The Morgan fingerprint density at radius 3 is 2.52 bits per heavy atom. The average molecular weight is 607 g/mol. The number of carboxylic acid groups (broad SMARTS) is 1. The van der Waals surface area contributed by atoms with Gasteiger partial charge < -0.3 is 40.5 Å². The molecule has 42 heavy (non-hydrogen) atoms. The lowest BCUT2D eigenvalue weighted by atomic mass is 9.72. The number of carboxylic acids is 1. The first-order valence-corrected chi connectivity index (χ1v) is 13.0. The number of nitrogens with one attached hydrogen (secondary N) is 2. The van der Waals surface area contributed by atoms with Crippen LogP contribution in [-0.4, -0.2) is 92.1 Å². The fraction of sp³-hybridized carbons (Fsp3) is 0.320. The van der Waals surface area contributed by atoms with E-state index in [1.807, 2.05) is 0 Å². The number of phenolic OH excluding ortho intramolecular Hbond substituents is 2. The van der Waals surface area contributed by atoms with Crippen LogP contribution in [0.2, 0.25) is 5.02 Å². The largest absolute Gasteiger partial charge is 0.547 e. The minimum atomic E-state index is -1.86. The molecule has 2 aliphatic rings. The number of nitrogens with zero attached hydrogens (tertiary/aromatic N) is 2. The van der Waals surface area contributed by atoms with Crippen LogP contribution in [0.5, 0.6) is 17.2 Å². The zero-order valence-corrected chi connectivity index (χ0v) is 22.9. The van der Waals surface area contributed by atoms with E-state index in [2.05, 4.69) is 10.6 Å². The normalized spacial score (nSPS) is 19.1. The summed E-state index contributed by atoms with van der Waals surface area (Å²) in [6.07, 6.45) is -0.221. The van der Waals surface area contributed by atoms with E-state index < -0.39 is 88.5 Å². The van der Waals surface area contributed by atoms with E-state index in [0.29, 0.717) is 4.90 Å². The van der Waals surface area contributed by atoms with Crippen molar-refractivity contribution in [3.63, 3.8) is 0 Å². The van der Waals surface area contributed by atoms with Crippen LogP contribution in [0.25, 0.3) is 0 Å². The first-order chi connectivity index (χ1) is 19.8. The van der Waals surface area contributed by atoms with Crippen LogP contribution in [-0.2, 0) is 20.8 Å². The molecule has 4 rings (SSSR count). The van der Waals surface area contributed by atoms with E-state index in [-0.39, 0.29) is 30.6 Å². The molecule has 14 nitrogen and oxygen atoms in total. The Morgan fingerprint density at radius 1 is 1.19 bits per heavy atom. The summed E-state index contributed by atoms with van der Waals surface area (Å²) in [5, 5.41) is 44.1. The number of carbonyl (C=O) groups excluding carboxylic acids is 4. The number of aromatic hydroxyl groups is 2. The van der Waals surface area contributed by atoms with E-state index in [9.17, 15) is 48.7 Å². The zero-order chi connectivity index (χ0) is 31.0. The molecule has 0 aliphatic carbocycles. The number of halogens is 2. The molecule has 17 heteroatoms. The highest BCUT2D eigenvalue weighted by atomic mass is 35.5.